The Hall–Kier alpha value is -1.13. The Morgan fingerprint density at radius 1 is 0.667 bits per heavy atom. The third-order valence-corrected chi connectivity index (χ3v) is 9.32. The predicted octanol–water partition coefficient (Wildman–Crippen LogP) is 5.99. The summed E-state index contributed by atoms with van der Waals surface area (Å²) >= 11 is 0. The molecule has 1 unspecified atom stereocenters. The summed E-state index contributed by atoms with van der Waals surface area (Å²) in [6.07, 6.45) is 7.08. The Kier molecular flexibility index (Phi) is 5.46. The van der Waals surface area contributed by atoms with Gasteiger partial charge in [-0.1, -0.05) is 49.6 Å². The molecule has 0 aromatic heterocycles. The van der Waals surface area contributed by atoms with Gasteiger partial charge in [-0.15, -0.1) is 0 Å². The highest BCUT2D eigenvalue weighted by Crippen LogP contribution is 2.48. The molecule has 128 valence electrons. The van der Waals surface area contributed by atoms with E-state index in [0.29, 0.717) is 0 Å². The summed E-state index contributed by atoms with van der Waals surface area (Å²) < 4.78 is 0. The summed E-state index contributed by atoms with van der Waals surface area (Å²) in [6.45, 7) is 11.5. The molecule has 2 aromatic carbocycles. The molecule has 3 rings (SSSR count). The second kappa shape index (κ2) is 7.40. The van der Waals surface area contributed by atoms with Crippen LogP contribution in [0.25, 0.3) is 0 Å². The van der Waals surface area contributed by atoms with E-state index in [1.807, 2.05) is 0 Å². The average Bonchev–Trinajstić information content (AvgIpc) is 2.59. The normalized spacial score (nSPS) is 17.0. The van der Waals surface area contributed by atoms with Gasteiger partial charge in [0.15, 0.2) is 0 Å². The van der Waals surface area contributed by atoms with Crippen molar-refractivity contribution in [2.75, 3.05) is 0 Å². The molecule has 1 aliphatic rings. The van der Waals surface area contributed by atoms with Crippen LogP contribution in [0, 0.1) is 34.6 Å². The van der Waals surface area contributed by atoms with Gasteiger partial charge in [0.25, 0.3) is 0 Å². The lowest BCUT2D eigenvalue weighted by Gasteiger charge is -2.34. The van der Waals surface area contributed by atoms with Crippen molar-refractivity contribution >= 4 is 18.5 Å². The minimum Gasteiger partial charge on any atom is -0.0613 e. The molecular formula is C23H31P. The molecule has 1 fully saturated rings. The van der Waals surface area contributed by atoms with Crippen molar-refractivity contribution in [3.05, 3.63) is 58.1 Å². The van der Waals surface area contributed by atoms with Gasteiger partial charge in [-0.05, 0) is 99.5 Å². The van der Waals surface area contributed by atoms with Gasteiger partial charge in [0.2, 0.25) is 0 Å². The maximum absolute atomic E-state index is 2.44. The van der Waals surface area contributed by atoms with Gasteiger partial charge < -0.3 is 0 Å². The first-order valence-corrected chi connectivity index (χ1v) is 10.8. The topological polar surface area (TPSA) is 0 Å². The van der Waals surface area contributed by atoms with Gasteiger partial charge in [-0.2, -0.15) is 0 Å². The smallest absolute Gasteiger partial charge is 0.0129 e. The number of hydrogen-bond donors (Lipinski definition) is 0. The number of aryl methyl sites for hydroxylation is 2. The Morgan fingerprint density at radius 3 is 2.00 bits per heavy atom. The SMILES string of the molecule is Cc1cccc(P(c2ccc(C)c(C)c2C)C2CCCCC2)c1C. The fourth-order valence-corrected chi connectivity index (χ4v) is 7.54. The zero-order valence-electron chi connectivity index (χ0n) is 15.9. The van der Waals surface area contributed by atoms with Crippen molar-refractivity contribution in [3.8, 4) is 0 Å². The molecule has 0 nitrogen and oxygen atoms in total. The van der Waals surface area contributed by atoms with Crippen LogP contribution in [0.1, 0.15) is 59.9 Å². The maximum atomic E-state index is 2.44. The molecule has 0 bridgehead atoms. The van der Waals surface area contributed by atoms with Crippen molar-refractivity contribution < 1.29 is 0 Å². The zero-order valence-corrected chi connectivity index (χ0v) is 16.8. The summed E-state index contributed by atoms with van der Waals surface area (Å²) in [5.74, 6) is 0. The van der Waals surface area contributed by atoms with Gasteiger partial charge >= 0.3 is 0 Å². The molecular weight excluding hydrogens is 307 g/mol. The van der Waals surface area contributed by atoms with Gasteiger partial charge in [-0.3, -0.25) is 0 Å². The molecule has 0 heterocycles. The van der Waals surface area contributed by atoms with Crippen LogP contribution in [-0.2, 0) is 0 Å². The zero-order chi connectivity index (χ0) is 17.3. The summed E-state index contributed by atoms with van der Waals surface area (Å²) in [6, 6.07) is 11.7. The minimum atomic E-state index is -0.256. The lowest BCUT2D eigenvalue weighted by Crippen LogP contribution is -2.27. The van der Waals surface area contributed by atoms with E-state index in [0.717, 1.165) is 5.66 Å². The first kappa shape index (κ1) is 17.7. The molecule has 0 spiro atoms. The van der Waals surface area contributed by atoms with Crippen molar-refractivity contribution in [2.45, 2.75) is 72.4 Å². The van der Waals surface area contributed by atoms with Crippen LogP contribution in [-0.4, -0.2) is 5.66 Å². The monoisotopic (exact) mass is 338 g/mol. The van der Waals surface area contributed by atoms with E-state index in [1.54, 1.807) is 10.6 Å². The Morgan fingerprint density at radius 2 is 1.29 bits per heavy atom. The Balaban J connectivity index is 2.15. The average molecular weight is 338 g/mol. The lowest BCUT2D eigenvalue weighted by molar-refractivity contribution is 0.513. The van der Waals surface area contributed by atoms with E-state index < -0.39 is 0 Å². The Labute approximate surface area is 149 Å². The van der Waals surface area contributed by atoms with E-state index in [9.17, 15) is 0 Å². The fourth-order valence-electron chi connectivity index (χ4n) is 4.06. The molecule has 0 saturated heterocycles. The highest BCUT2D eigenvalue weighted by molar-refractivity contribution is 7.73. The second-order valence-electron chi connectivity index (χ2n) is 7.53. The van der Waals surface area contributed by atoms with E-state index in [2.05, 4.69) is 65.0 Å². The van der Waals surface area contributed by atoms with Crippen LogP contribution in [0.2, 0.25) is 0 Å². The van der Waals surface area contributed by atoms with Gasteiger partial charge in [0.05, 0.1) is 0 Å². The summed E-state index contributed by atoms with van der Waals surface area (Å²) in [5, 5.41) is 3.26. The van der Waals surface area contributed by atoms with Crippen LogP contribution in [0.15, 0.2) is 30.3 Å². The molecule has 1 aliphatic carbocycles. The fraction of sp³-hybridized carbons (Fsp3) is 0.478. The third-order valence-electron chi connectivity index (χ3n) is 6.06. The molecule has 24 heavy (non-hydrogen) atoms. The lowest BCUT2D eigenvalue weighted by atomic mass is 10.0. The van der Waals surface area contributed by atoms with Crippen molar-refractivity contribution in [3.63, 3.8) is 0 Å². The number of rotatable bonds is 3. The standard InChI is InChI=1S/C23H31P/c1-16-10-9-13-22(19(16)4)24(21-11-7-6-8-12-21)23-15-14-17(2)18(3)20(23)5/h9-10,13-15,21H,6-8,11-12H2,1-5H3. The van der Waals surface area contributed by atoms with E-state index in [4.69, 9.17) is 0 Å². The van der Waals surface area contributed by atoms with Crippen LogP contribution in [0.5, 0.6) is 0 Å². The van der Waals surface area contributed by atoms with Crippen molar-refractivity contribution in [1.29, 1.82) is 0 Å². The third kappa shape index (κ3) is 3.31. The van der Waals surface area contributed by atoms with E-state index in [1.165, 1.54) is 59.9 Å². The minimum absolute atomic E-state index is 0.256. The molecule has 1 atom stereocenters. The molecule has 2 aromatic rings. The first-order valence-electron chi connectivity index (χ1n) is 9.43. The molecule has 1 heteroatoms. The first-order chi connectivity index (χ1) is 11.5. The highest BCUT2D eigenvalue weighted by Gasteiger charge is 2.29. The number of hydrogen-bond acceptors (Lipinski definition) is 0. The number of benzene rings is 2. The van der Waals surface area contributed by atoms with Gasteiger partial charge in [0.1, 0.15) is 0 Å². The van der Waals surface area contributed by atoms with Gasteiger partial charge in [0, 0.05) is 0 Å². The molecule has 1 saturated carbocycles. The van der Waals surface area contributed by atoms with Gasteiger partial charge in [-0.25, -0.2) is 0 Å². The van der Waals surface area contributed by atoms with Crippen molar-refractivity contribution in [2.24, 2.45) is 0 Å². The quantitative estimate of drug-likeness (QED) is 0.603. The molecule has 0 N–H and O–H groups in total. The Bertz CT molecular complexity index is 723. The summed E-state index contributed by atoms with van der Waals surface area (Å²) in [4.78, 5) is 0. The van der Waals surface area contributed by atoms with E-state index in [-0.39, 0.29) is 7.92 Å². The van der Waals surface area contributed by atoms with Crippen LogP contribution < -0.4 is 10.6 Å². The summed E-state index contributed by atoms with van der Waals surface area (Å²) in [7, 11) is -0.256. The second-order valence-corrected chi connectivity index (χ2v) is 9.97. The molecule has 0 aliphatic heterocycles. The molecule has 0 amide bonds. The van der Waals surface area contributed by atoms with Crippen LogP contribution >= 0.6 is 7.92 Å². The predicted molar refractivity (Wildman–Crippen MR) is 110 cm³/mol. The van der Waals surface area contributed by atoms with Crippen molar-refractivity contribution in [1.82, 2.24) is 0 Å². The molecule has 0 radical (unpaired) electrons. The summed E-state index contributed by atoms with van der Waals surface area (Å²) in [5.41, 5.74) is 8.27. The van der Waals surface area contributed by atoms with Crippen LogP contribution in [0.4, 0.5) is 0 Å². The highest BCUT2D eigenvalue weighted by atomic mass is 31.1. The van der Waals surface area contributed by atoms with E-state index >= 15 is 0 Å². The largest absolute Gasteiger partial charge is 0.0613 e. The van der Waals surface area contributed by atoms with Crippen LogP contribution in [0.3, 0.4) is 0 Å². The maximum Gasteiger partial charge on any atom is -0.0129 e.